The quantitative estimate of drug-likeness (QED) is 0.678. The highest BCUT2D eigenvalue weighted by molar-refractivity contribution is 6.09. The van der Waals surface area contributed by atoms with Gasteiger partial charge >= 0.3 is 0 Å². The predicted octanol–water partition coefficient (Wildman–Crippen LogP) is 2.62. The second-order valence-electron chi connectivity index (χ2n) is 6.49. The molecule has 0 N–H and O–H groups in total. The molecule has 1 aliphatic rings. The van der Waals surface area contributed by atoms with Crippen LogP contribution in [0.15, 0.2) is 30.5 Å². The van der Waals surface area contributed by atoms with E-state index >= 15 is 0 Å². The van der Waals surface area contributed by atoms with Crippen molar-refractivity contribution in [2.45, 2.75) is 19.9 Å². The molecule has 0 aromatic carbocycles. The predicted molar refractivity (Wildman–Crippen MR) is 104 cm³/mol. The topological polar surface area (TPSA) is 82.4 Å². The molecule has 0 atom stereocenters. The van der Waals surface area contributed by atoms with Crippen molar-refractivity contribution in [2.24, 2.45) is 7.05 Å². The number of hydrogen-bond acceptors (Lipinski definition) is 6. The lowest BCUT2D eigenvalue weighted by molar-refractivity contribution is 0.0996. The highest BCUT2D eigenvalue weighted by atomic mass is 16.5. The number of carbonyl (C=O) groups is 1. The van der Waals surface area contributed by atoms with E-state index in [-0.39, 0.29) is 5.91 Å². The molecule has 144 valence electrons. The molecule has 3 aromatic rings. The number of hydrogen-bond donors (Lipinski definition) is 0. The van der Waals surface area contributed by atoms with Crippen molar-refractivity contribution in [1.82, 2.24) is 19.7 Å². The molecule has 3 aromatic heterocycles. The van der Waals surface area contributed by atoms with E-state index in [9.17, 15) is 4.79 Å². The van der Waals surface area contributed by atoms with E-state index in [1.54, 1.807) is 36.1 Å². The largest absolute Gasteiger partial charge is 0.491 e. The molecule has 28 heavy (non-hydrogen) atoms. The fourth-order valence-electron chi connectivity index (χ4n) is 3.35. The van der Waals surface area contributed by atoms with Crippen molar-refractivity contribution in [3.63, 3.8) is 0 Å². The first-order valence-corrected chi connectivity index (χ1v) is 8.98. The Kier molecular flexibility index (Phi) is 4.46. The van der Waals surface area contributed by atoms with Crippen LogP contribution in [0.3, 0.4) is 0 Å². The van der Waals surface area contributed by atoms with Crippen molar-refractivity contribution < 1.29 is 14.3 Å². The summed E-state index contributed by atoms with van der Waals surface area (Å²) in [5.41, 5.74) is 3.90. The number of fused-ring (bicyclic) bond motifs is 1. The van der Waals surface area contributed by atoms with Crippen molar-refractivity contribution >= 4 is 11.7 Å². The zero-order valence-electron chi connectivity index (χ0n) is 16.3. The van der Waals surface area contributed by atoms with Gasteiger partial charge in [0.05, 0.1) is 37.7 Å². The maximum Gasteiger partial charge on any atom is 0.261 e. The van der Waals surface area contributed by atoms with Gasteiger partial charge in [0.1, 0.15) is 0 Å². The van der Waals surface area contributed by atoms with Gasteiger partial charge in [-0.15, -0.1) is 0 Å². The van der Waals surface area contributed by atoms with Crippen molar-refractivity contribution in [2.75, 3.05) is 19.1 Å². The molecule has 4 heterocycles. The SMILES string of the molecule is CCc1cc(N2Cc3nc(-c4cnc(OC)c(OC)c4)ccc3C2=O)nn1C. The Morgan fingerprint density at radius 1 is 1.18 bits per heavy atom. The molecule has 0 fully saturated rings. The summed E-state index contributed by atoms with van der Waals surface area (Å²) in [7, 11) is 4.99. The van der Waals surface area contributed by atoms with Crippen molar-refractivity contribution in [1.29, 1.82) is 0 Å². The first-order chi connectivity index (χ1) is 13.5. The molecule has 8 nitrogen and oxygen atoms in total. The lowest BCUT2D eigenvalue weighted by atomic mass is 10.1. The number of ether oxygens (including phenoxy) is 2. The highest BCUT2D eigenvalue weighted by Crippen LogP contribution is 2.32. The van der Waals surface area contributed by atoms with E-state index in [1.807, 2.05) is 25.2 Å². The van der Waals surface area contributed by atoms with E-state index < -0.39 is 0 Å². The second kappa shape index (κ2) is 6.95. The van der Waals surface area contributed by atoms with Crippen LogP contribution in [0.5, 0.6) is 11.6 Å². The van der Waals surface area contributed by atoms with Crippen molar-refractivity contribution in [3.8, 4) is 22.9 Å². The third-order valence-electron chi connectivity index (χ3n) is 4.89. The Bertz CT molecular complexity index is 1060. The van der Waals surface area contributed by atoms with Crippen LogP contribution < -0.4 is 14.4 Å². The molecular formula is C20H21N5O3. The summed E-state index contributed by atoms with van der Waals surface area (Å²) in [5, 5.41) is 4.47. The Hall–Kier alpha value is -3.42. The van der Waals surface area contributed by atoms with Crippen LogP contribution >= 0.6 is 0 Å². The second-order valence-corrected chi connectivity index (χ2v) is 6.49. The third-order valence-corrected chi connectivity index (χ3v) is 4.89. The van der Waals surface area contributed by atoms with Gasteiger partial charge in [0.15, 0.2) is 11.6 Å². The number of aromatic nitrogens is 4. The first-order valence-electron chi connectivity index (χ1n) is 8.98. The molecule has 4 rings (SSSR count). The maximum atomic E-state index is 12.8. The fourth-order valence-corrected chi connectivity index (χ4v) is 3.35. The van der Waals surface area contributed by atoms with Gasteiger partial charge in [-0.3, -0.25) is 19.4 Å². The van der Waals surface area contributed by atoms with E-state index in [1.165, 1.54) is 0 Å². The van der Waals surface area contributed by atoms with Crippen LogP contribution in [-0.2, 0) is 20.0 Å². The molecule has 0 saturated heterocycles. The first kappa shape index (κ1) is 18.0. The summed E-state index contributed by atoms with van der Waals surface area (Å²) in [6.45, 7) is 2.45. The number of nitrogens with zero attached hydrogens (tertiary/aromatic N) is 5. The number of carbonyl (C=O) groups excluding carboxylic acids is 1. The van der Waals surface area contributed by atoms with Crippen LogP contribution in [0.25, 0.3) is 11.3 Å². The van der Waals surface area contributed by atoms with Crippen LogP contribution in [0.4, 0.5) is 5.82 Å². The molecule has 0 bridgehead atoms. The van der Waals surface area contributed by atoms with Crippen molar-refractivity contribution in [3.05, 3.63) is 47.4 Å². The lowest BCUT2D eigenvalue weighted by Crippen LogP contribution is -2.23. The summed E-state index contributed by atoms with van der Waals surface area (Å²) >= 11 is 0. The van der Waals surface area contributed by atoms with Crippen LogP contribution in [-0.4, -0.2) is 39.9 Å². The normalized spacial score (nSPS) is 13.0. The Morgan fingerprint density at radius 3 is 2.68 bits per heavy atom. The lowest BCUT2D eigenvalue weighted by Gasteiger charge is -2.10. The standard InChI is InChI=1S/C20H21N5O3/c1-5-13-9-18(23-24(13)2)25-11-16-14(20(25)26)6-7-15(22-16)12-8-17(27-3)19(28-4)21-10-12/h6-10H,5,11H2,1-4H3. The molecule has 0 unspecified atom stereocenters. The smallest absolute Gasteiger partial charge is 0.261 e. The zero-order chi connectivity index (χ0) is 19.8. The number of aryl methyl sites for hydroxylation is 2. The average molecular weight is 379 g/mol. The monoisotopic (exact) mass is 379 g/mol. The van der Waals surface area contributed by atoms with E-state index in [2.05, 4.69) is 17.0 Å². The van der Waals surface area contributed by atoms with E-state index in [4.69, 9.17) is 14.5 Å². The van der Waals surface area contributed by atoms with E-state index in [0.29, 0.717) is 29.6 Å². The zero-order valence-corrected chi connectivity index (χ0v) is 16.3. The third kappa shape index (κ3) is 2.87. The summed E-state index contributed by atoms with van der Waals surface area (Å²) in [6, 6.07) is 7.39. The summed E-state index contributed by atoms with van der Waals surface area (Å²) in [4.78, 5) is 23.4. The van der Waals surface area contributed by atoms with Gasteiger partial charge < -0.3 is 9.47 Å². The van der Waals surface area contributed by atoms with Crippen LogP contribution in [0.2, 0.25) is 0 Å². The van der Waals surface area contributed by atoms with Gasteiger partial charge in [0.25, 0.3) is 11.8 Å². The molecule has 8 heteroatoms. The number of rotatable bonds is 5. The maximum absolute atomic E-state index is 12.8. The average Bonchev–Trinajstić information content (AvgIpc) is 3.26. The number of amides is 1. The minimum Gasteiger partial charge on any atom is -0.491 e. The van der Waals surface area contributed by atoms with E-state index in [0.717, 1.165) is 29.1 Å². The Morgan fingerprint density at radius 2 is 2.00 bits per heavy atom. The molecule has 0 spiro atoms. The molecule has 0 radical (unpaired) electrons. The minimum absolute atomic E-state index is 0.0831. The number of methoxy groups -OCH3 is 2. The Labute approximate surface area is 162 Å². The van der Waals surface area contributed by atoms with Gasteiger partial charge in [-0.2, -0.15) is 5.10 Å². The molecular weight excluding hydrogens is 358 g/mol. The van der Waals surface area contributed by atoms with Gasteiger partial charge in [-0.25, -0.2) is 4.98 Å². The van der Waals surface area contributed by atoms with Crippen LogP contribution in [0, 0.1) is 0 Å². The highest BCUT2D eigenvalue weighted by Gasteiger charge is 2.31. The molecule has 1 amide bonds. The summed E-state index contributed by atoms with van der Waals surface area (Å²) in [6.07, 6.45) is 2.53. The minimum atomic E-state index is -0.0831. The van der Waals surface area contributed by atoms with Gasteiger partial charge in [0, 0.05) is 30.6 Å². The summed E-state index contributed by atoms with van der Waals surface area (Å²) < 4.78 is 12.3. The molecule has 0 aliphatic carbocycles. The van der Waals surface area contributed by atoms with Gasteiger partial charge in [-0.05, 0) is 24.6 Å². The fraction of sp³-hybridized carbons (Fsp3) is 0.300. The molecule has 1 aliphatic heterocycles. The summed E-state index contributed by atoms with van der Waals surface area (Å²) in [5.74, 6) is 1.51. The number of pyridine rings is 2. The van der Waals surface area contributed by atoms with Gasteiger partial charge in [0.2, 0.25) is 0 Å². The number of anilines is 1. The van der Waals surface area contributed by atoms with Crippen LogP contribution in [0.1, 0.15) is 28.7 Å². The van der Waals surface area contributed by atoms with Gasteiger partial charge in [-0.1, -0.05) is 6.92 Å². The molecule has 0 saturated carbocycles. The Balaban J connectivity index is 1.67.